The third-order valence-electron chi connectivity index (χ3n) is 2.75. The molecule has 0 aliphatic rings. The van der Waals surface area contributed by atoms with Crippen molar-refractivity contribution < 1.29 is 4.39 Å². The smallest absolute Gasteiger partial charge is 0.225 e. The van der Waals surface area contributed by atoms with Gasteiger partial charge in [0.15, 0.2) is 0 Å². The van der Waals surface area contributed by atoms with Gasteiger partial charge in [0.2, 0.25) is 5.95 Å². The summed E-state index contributed by atoms with van der Waals surface area (Å²) < 4.78 is 13.1. The molecule has 1 aromatic carbocycles. The van der Waals surface area contributed by atoms with Gasteiger partial charge in [-0.05, 0) is 29.7 Å². The molecule has 3 nitrogen and oxygen atoms in total. The lowest BCUT2D eigenvalue weighted by Crippen LogP contribution is -2.19. The van der Waals surface area contributed by atoms with Crippen LogP contribution in [0.2, 0.25) is 0 Å². The zero-order valence-corrected chi connectivity index (χ0v) is 10.6. The number of aromatic nitrogens is 2. The summed E-state index contributed by atoms with van der Waals surface area (Å²) in [7, 11) is 1.89. The molecule has 0 aliphatic heterocycles. The monoisotopic (exact) mass is 245 g/mol. The van der Waals surface area contributed by atoms with Crippen LogP contribution in [0.5, 0.6) is 0 Å². The first-order valence-corrected chi connectivity index (χ1v) is 5.95. The van der Waals surface area contributed by atoms with Crippen molar-refractivity contribution in [3.05, 3.63) is 53.6 Å². The van der Waals surface area contributed by atoms with E-state index in [1.165, 1.54) is 12.1 Å². The van der Waals surface area contributed by atoms with E-state index in [2.05, 4.69) is 16.9 Å². The number of nitrogens with zero attached hydrogens (tertiary/aromatic N) is 3. The Balaban J connectivity index is 2.09. The van der Waals surface area contributed by atoms with Crippen LogP contribution >= 0.6 is 0 Å². The quantitative estimate of drug-likeness (QED) is 0.829. The molecule has 1 heterocycles. The summed E-state index contributed by atoms with van der Waals surface area (Å²) in [5.74, 6) is 0.430. The van der Waals surface area contributed by atoms with E-state index in [1.807, 2.05) is 30.4 Å². The molecule has 94 valence electrons. The number of aryl methyl sites for hydroxylation is 1. The summed E-state index contributed by atoms with van der Waals surface area (Å²) in [6.07, 6.45) is 4.57. The molecule has 0 bridgehead atoms. The normalized spacial score (nSPS) is 10.4. The van der Waals surface area contributed by atoms with Crippen LogP contribution in [0.1, 0.15) is 18.1 Å². The Morgan fingerprint density at radius 1 is 1.17 bits per heavy atom. The van der Waals surface area contributed by atoms with Gasteiger partial charge in [0.1, 0.15) is 5.82 Å². The van der Waals surface area contributed by atoms with Crippen molar-refractivity contribution in [3.63, 3.8) is 0 Å². The molecule has 0 spiro atoms. The molecule has 0 saturated carbocycles. The third-order valence-corrected chi connectivity index (χ3v) is 2.75. The van der Waals surface area contributed by atoms with E-state index >= 15 is 0 Å². The van der Waals surface area contributed by atoms with E-state index in [9.17, 15) is 4.39 Å². The summed E-state index contributed by atoms with van der Waals surface area (Å²) in [6, 6.07) is 6.56. The minimum Gasteiger partial charge on any atom is -0.340 e. The third kappa shape index (κ3) is 3.03. The molecule has 0 radical (unpaired) electrons. The highest BCUT2D eigenvalue weighted by Gasteiger charge is 2.05. The molecule has 18 heavy (non-hydrogen) atoms. The van der Waals surface area contributed by atoms with Crippen molar-refractivity contribution in [1.82, 2.24) is 9.97 Å². The summed E-state index contributed by atoms with van der Waals surface area (Å²) in [4.78, 5) is 10.5. The standard InChI is InChI=1S/C14H16FN3/c1-3-11-8-16-14(17-9-11)18(2)10-12-5-4-6-13(15)7-12/h4-9H,3,10H2,1-2H3. The molecule has 0 N–H and O–H groups in total. The highest BCUT2D eigenvalue weighted by Crippen LogP contribution is 2.11. The summed E-state index contributed by atoms with van der Waals surface area (Å²) in [6.45, 7) is 2.65. The maximum absolute atomic E-state index is 13.1. The van der Waals surface area contributed by atoms with E-state index in [-0.39, 0.29) is 5.82 Å². The van der Waals surface area contributed by atoms with Gasteiger partial charge in [0, 0.05) is 26.0 Å². The first-order chi connectivity index (χ1) is 8.69. The molecule has 2 aromatic rings. The fraction of sp³-hybridized carbons (Fsp3) is 0.286. The number of benzene rings is 1. The van der Waals surface area contributed by atoms with E-state index in [1.54, 1.807) is 6.07 Å². The van der Waals surface area contributed by atoms with Crippen molar-refractivity contribution in [1.29, 1.82) is 0 Å². The Labute approximate surface area is 106 Å². The molecule has 1 aromatic heterocycles. The van der Waals surface area contributed by atoms with Crippen molar-refractivity contribution in [2.45, 2.75) is 19.9 Å². The van der Waals surface area contributed by atoms with Gasteiger partial charge in [-0.1, -0.05) is 19.1 Å². The zero-order chi connectivity index (χ0) is 13.0. The lowest BCUT2D eigenvalue weighted by atomic mass is 10.2. The van der Waals surface area contributed by atoms with Gasteiger partial charge < -0.3 is 4.90 Å². The molecule has 2 rings (SSSR count). The van der Waals surface area contributed by atoms with Crippen LogP contribution in [0.25, 0.3) is 0 Å². The van der Waals surface area contributed by atoms with Crippen molar-refractivity contribution >= 4 is 5.95 Å². The SMILES string of the molecule is CCc1cnc(N(C)Cc2cccc(F)c2)nc1. The van der Waals surface area contributed by atoms with Gasteiger partial charge in [-0.2, -0.15) is 0 Å². The largest absolute Gasteiger partial charge is 0.340 e. The summed E-state index contributed by atoms with van der Waals surface area (Å²) in [5.41, 5.74) is 2.01. The molecule has 0 unspecified atom stereocenters. The highest BCUT2D eigenvalue weighted by atomic mass is 19.1. The van der Waals surface area contributed by atoms with Crippen LogP contribution in [-0.2, 0) is 13.0 Å². The summed E-state index contributed by atoms with van der Waals surface area (Å²) >= 11 is 0. The number of halogens is 1. The number of hydrogen-bond acceptors (Lipinski definition) is 3. The molecular formula is C14H16FN3. The van der Waals surface area contributed by atoms with Crippen LogP contribution in [0.4, 0.5) is 10.3 Å². The highest BCUT2D eigenvalue weighted by molar-refractivity contribution is 5.31. The van der Waals surface area contributed by atoms with Crippen molar-refractivity contribution in [3.8, 4) is 0 Å². The molecule has 0 atom stereocenters. The summed E-state index contributed by atoms with van der Waals surface area (Å²) in [5, 5.41) is 0. The van der Waals surface area contributed by atoms with Crippen LogP contribution in [0.3, 0.4) is 0 Å². The first-order valence-electron chi connectivity index (χ1n) is 5.95. The van der Waals surface area contributed by atoms with Gasteiger partial charge in [-0.3, -0.25) is 0 Å². The predicted octanol–water partition coefficient (Wildman–Crippen LogP) is 2.81. The molecule has 0 aliphatic carbocycles. The van der Waals surface area contributed by atoms with E-state index in [0.717, 1.165) is 17.5 Å². The number of anilines is 1. The fourth-order valence-electron chi connectivity index (χ4n) is 1.71. The molecule has 0 fully saturated rings. The molecule has 0 saturated heterocycles. The predicted molar refractivity (Wildman–Crippen MR) is 69.9 cm³/mol. The van der Waals surface area contributed by atoms with E-state index < -0.39 is 0 Å². The van der Waals surface area contributed by atoms with Gasteiger partial charge in [-0.15, -0.1) is 0 Å². The second-order valence-electron chi connectivity index (χ2n) is 4.23. The lowest BCUT2D eigenvalue weighted by Gasteiger charge is -2.17. The van der Waals surface area contributed by atoms with Crippen LogP contribution < -0.4 is 4.90 Å². The van der Waals surface area contributed by atoms with Gasteiger partial charge in [0.05, 0.1) is 0 Å². The fourth-order valence-corrected chi connectivity index (χ4v) is 1.71. The van der Waals surface area contributed by atoms with E-state index in [0.29, 0.717) is 12.5 Å². The van der Waals surface area contributed by atoms with Gasteiger partial charge in [-0.25, -0.2) is 14.4 Å². The van der Waals surface area contributed by atoms with Crippen LogP contribution in [-0.4, -0.2) is 17.0 Å². The second-order valence-corrected chi connectivity index (χ2v) is 4.23. The van der Waals surface area contributed by atoms with Crippen molar-refractivity contribution in [2.75, 3.05) is 11.9 Å². The second kappa shape index (κ2) is 5.58. The molecule has 4 heteroatoms. The van der Waals surface area contributed by atoms with Crippen molar-refractivity contribution in [2.24, 2.45) is 0 Å². The average molecular weight is 245 g/mol. The van der Waals surface area contributed by atoms with Crippen LogP contribution in [0, 0.1) is 5.82 Å². The maximum Gasteiger partial charge on any atom is 0.225 e. The Morgan fingerprint density at radius 3 is 2.50 bits per heavy atom. The topological polar surface area (TPSA) is 29.0 Å². The number of rotatable bonds is 4. The van der Waals surface area contributed by atoms with Crippen LogP contribution in [0.15, 0.2) is 36.7 Å². The zero-order valence-electron chi connectivity index (χ0n) is 10.6. The van der Waals surface area contributed by atoms with E-state index in [4.69, 9.17) is 0 Å². The first kappa shape index (κ1) is 12.5. The lowest BCUT2D eigenvalue weighted by molar-refractivity contribution is 0.625. The molecular weight excluding hydrogens is 229 g/mol. The Morgan fingerprint density at radius 2 is 1.89 bits per heavy atom. The Hall–Kier alpha value is -1.97. The minimum absolute atomic E-state index is 0.219. The minimum atomic E-state index is -0.219. The maximum atomic E-state index is 13.1. The number of hydrogen-bond donors (Lipinski definition) is 0. The van der Waals surface area contributed by atoms with Gasteiger partial charge >= 0.3 is 0 Å². The molecule has 0 amide bonds. The average Bonchev–Trinajstić information content (AvgIpc) is 2.39. The Bertz CT molecular complexity index is 511. The Kier molecular flexibility index (Phi) is 3.87. The van der Waals surface area contributed by atoms with Gasteiger partial charge in [0.25, 0.3) is 0 Å².